The Balaban J connectivity index is 0.991. The van der Waals surface area contributed by atoms with Crippen molar-refractivity contribution < 1.29 is 17.6 Å². The van der Waals surface area contributed by atoms with Gasteiger partial charge in [-0.25, -0.2) is 18.4 Å². The average molecular weight is 782 g/mol. The lowest BCUT2D eigenvalue weighted by atomic mass is 9.88. The van der Waals surface area contributed by atoms with E-state index in [1.165, 1.54) is 10.4 Å². The quantitative estimate of drug-likeness (QED) is 0.104. The van der Waals surface area contributed by atoms with Crippen LogP contribution in [0, 0.1) is 19.8 Å². The molecule has 3 aromatic carbocycles. The summed E-state index contributed by atoms with van der Waals surface area (Å²) in [6.45, 7) is 16.2. The molecule has 1 saturated carbocycles. The van der Waals surface area contributed by atoms with Crippen molar-refractivity contribution in [2.45, 2.75) is 109 Å². The van der Waals surface area contributed by atoms with Crippen molar-refractivity contribution in [3.8, 4) is 0 Å². The fraction of sp³-hybridized carbons (Fsp3) is 0.455. The SMILES string of the molecule is Cc1cc(S(=O)(=O)CCCOC2CCC(CO[Si](c3ccccc3)(c3ccccc3)C(C)(C)C)CC2)ccc1N1C=CC(c2cnc(C)n2C(C)C)=NC1N. The molecule has 0 bridgehead atoms. The maximum Gasteiger partial charge on any atom is 0.261 e. The molecule has 2 aliphatic rings. The van der Waals surface area contributed by atoms with Crippen LogP contribution in [0.4, 0.5) is 5.69 Å². The van der Waals surface area contributed by atoms with E-state index in [0.29, 0.717) is 23.8 Å². The Labute approximate surface area is 329 Å². The van der Waals surface area contributed by atoms with Crippen molar-refractivity contribution in [2.24, 2.45) is 16.6 Å². The van der Waals surface area contributed by atoms with Gasteiger partial charge < -0.3 is 18.6 Å². The van der Waals surface area contributed by atoms with Gasteiger partial charge in [-0.15, -0.1) is 0 Å². The zero-order valence-corrected chi connectivity index (χ0v) is 35.4. The van der Waals surface area contributed by atoms with Gasteiger partial charge in [0.05, 0.1) is 34.4 Å². The summed E-state index contributed by atoms with van der Waals surface area (Å²) in [4.78, 5) is 11.4. The Morgan fingerprint density at radius 1 is 0.927 bits per heavy atom. The zero-order chi connectivity index (χ0) is 39.4. The van der Waals surface area contributed by atoms with Crippen molar-refractivity contribution in [1.29, 1.82) is 0 Å². The van der Waals surface area contributed by atoms with Gasteiger partial charge in [-0.2, -0.15) is 0 Å². The van der Waals surface area contributed by atoms with Crippen LogP contribution in [0.25, 0.3) is 0 Å². The summed E-state index contributed by atoms with van der Waals surface area (Å²) in [6.07, 6.45) is 9.61. The molecule has 0 amide bonds. The molecule has 2 heterocycles. The Hall–Kier alpha value is -3.87. The summed E-state index contributed by atoms with van der Waals surface area (Å²) in [5, 5.41) is 2.56. The minimum absolute atomic E-state index is 0.0349. The predicted octanol–water partition coefficient (Wildman–Crippen LogP) is 7.46. The van der Waals surface area contributed by atoms with Gasteiger partial charge in [-0.1, -0.05) is 81.4 Å². The van der Waals surface area contributed by atoms with Crippen molar-refractivity contribution >= 4 is 39.9 Å². The topological polar surface area (TPSA) is 112 Å². The largest absolute Gasteiger partial charge is 0.407 e. The van der Waals surface area contributed by atoms with E-state index in [-0.39, 0.29) is 22.9 Å². The second-order valence-corrected chi connectivity index (χ2v) is 22.8. The summed E-state index contributed by atoms with van der Waals surface area (Å²) in [5.74, 6) is 1.43. The molecule has 1 fully saturated rings. The number of nitrogens with two attached hydrogens (primary N) is 1. The first-order chi connectivity index (χ1) is 26.2. The highest BCUT2D eigenvalue weighted by atomic mass is 32.2. The Kier molecular flexibility index (Phi) is 12.7. The lowest BCUT2D eigenvalue weighted by Crippen LogP contribution is -2.67. The number of sulfone groups is 1. The number of aliphatic imine (C=N–C) groups is 1. The average Bonchev–Trinajstić information content (AvgIpc) is 3.56. The standard InChI is InChI=1S/C44H59N5O4SSi/c1-32(2)49-34(4)46-30-42(49)40-25-26-48(43(45)47-40)41-24-23-37(29-33(41)3)54(50,51)28-14-27-52-36-21-19-35(20-22-36)31-53-55(44(5,6)7,38-15-10-8-11-16-38)39-17-12-9-13-18-39/h8-13,15-18,23-26,29-30,32,35-36,43H,14,19-22,27-28,31,45H2,1-7H3. The highest BCUT2D eigenvalue weighted by molar-refractivity contribution is 7.91. The first-order valence-electron chi connectivity index (χ1n) is 19.8. The molecule has 55 heavy (non-hydrogen) atoms. The number of anilines is 1. The van der Waals surface area contributed by atoms with Gasteiger partial charge in [0.1, 0.15) is 5.82 Å². The minimum Gasteiger partial charge on any atom is -0.407 e. The maximum absolute atomic E-state index is 13.4. The molecular weight excluding hydrogens is 723 g/mol. The molecule has 1 aliphatic carbocycles. The third-order valence-corrected chi connectivity index (χ3v) is 18.0. The minimum atomic E-state index is -3.49. The van der Waals surface area contributed by atoms with Gasteiger partial charge in [0.15, 0.2) is 16.1 Å². The number of rotatable bonds is 14. The normalized spacial score (nSPS) is 19.5. The van der Waals surface area contributed by atoms with Gasteiger partial charge >= 0.3 is 0 Å². The molecule has 0 spiro atoms. The van der Waals surface area contributed by atoms with E-state index in [1.807, 2.05) is 43.3 Å². The summed E-state index contributed by atoms with van der Waals surface area (Å²) < 4.78 is 42.4. The number of nitrogens with zero attached hydrogens (tertiary/aromatic N) is 4. The fourth-order valence-electron chi connectivity index (χ4n) is 8.35. The first kappa shape index (κ1) is 40.8. The van der Waals surface area contributed by atoms with Crippen LogP contribution in [0.15, 0.2) is 107 Å². The molecule has 4 aromatic rings. The monoisotopic (exact) mass is 781 g/mol. The van der Waals surface area contributed by atoms with Crippen LogP contribution >= 0.6 is 0 Å². The maximum atomic E-state index is 13.4. The van der Waals surface area contributed by atoms with Crippen LogP contribution in [-0.4, -0.2) is 63.4 Å². The number of aryl methyl sites for hydroxylation is 2. The molecule has 0 saturated heterocycles. The third kappa shape index (κ3) is 8.91. The summed E-state index contributed by atoms with van der Waals surface area (Å²) in [6, 6.07) is 27.1. The van der Waals surface area contributed by atoms with Crippen molar-refractivity contribution in [2.75, 3.05) is 23.9 Å². The molecule has 2 N–H and O–H groups in total. The molecule has 0 radical (unpaired) electrons. The fourth-order valence-corrected chi connectivity index (χ4v) is 14.4. The van der Waals surface area contributed by atoms with E-state index in [0.717, 1.165) is 60.8 Å². The van der Waals surface area contributed by atoms with Gasteiger partial charge in [0, 0.05) is 31.1 Å². The van der Waals surface area contributed by atoms with E-state index in [9.17, 15) is 8.42 Å². The van der Waals surface area contributed by atoms with Crippen LogP contribution < -0.4 is 21.0 Å². The lowest BCUT2D eigenvalue weighted by molar-refractivity contribution is 0.0129. The van der Waals surface area contributed by atoms with E-state index in [4.69, 9.17) is 19.9 Å². The molecule has 1 aromatic heterocycles. The van der Waals surface area contributed by atoms with Gasteiger partial charge in [-0.05, 0) is 111 Å². The van der Waals surface area contributed by atoms with Crippen molar-refractivity contribution in [1.82, 2.24) is 9.55 Å². The van der Waals surface area contributed by atoms with E-state index >= 15 is 0 Å². The highest BCUT2D eigenvalue weighted by Gasteiger charge is 2.50. The Morgan fingerprint density at radius 3 is 2.13 bits per heavy atom. The van der Waals surface area contributed by atoms with E-state index in [2.05, 4.69) is 105 Å². The van der Waals surface area contributed by atoms with Gasteiger partial charge in [-0.3, -0.25) is 5.73 Å². The van der Waals surface area contributed by atoms with Crippen molar-refractivity contribution in [3.63, 3.8) is 0 Å². The number of hydrogen-bond acceptors (Lipinski definition) is 8. The Bertz CT molecular complexity index is 2030. The second-order valence-electron chi connectivity index (χ2n) is 16.4. The second kappa shape index (κ2) is 17.1. The van der Waals surface area contributed by atoms with E-state index < -0.39 is 24.4 Å². The van der Waals surface area contributed by atoms with Crippen LogP contribution in [0.1, 0.15) is 89.8 Å². The number of imidazole rings is 1. The molecule has 1 unspecified atom stereocenters. The molecule has 11 heteroatoms. The molecule has 9 nitrogen and oxygen atoms in total. The summed E-state index contributed by atoms with van der Waals surface area (Å²) >= 11 is 0. The number of benzene rings is 3. The predicted molar refractivity (Wildman–Crippen MR) is 227 cm³/mol. The number of hydrogen-bond donors (Lipinski definition) is 1. The summed E-state index contributed by atoms with van der Waals surface area (Å²) in [7, 11) is -6.05. The number of ether oxygens (including phenoxy) is 1. The first-order valence-corrected chi connectivity index (χ1v) is 23.3. The van der Waals surface area contributed by atoms with Crippen LogP contribution in [0.3, 0.4) is 0 Å². The van der Waals surface area contributed by atoms with Crippen LogP contribution in [-0.2, 0) is 19.0 Å². The highest BCUT2D eigenvalue weighted by Crippen LogP contribution is 2.38. The molecule has 6 rings (SSSR count). The summed E-state index contributed by atoms with van der Waals surface area (Å²) in [5.41, 5.74) is 9.85. The lowest BCUT2D eigenvalue weighted by Gasteiger charge is -2.44. The van der Waals surface area contributed by atoms with E-state index in [1.54, 1.807) is 12.1 Å². The molecule has 1 atom stereocenters. The van der Waals surface area contributed by atoms with Gasteiger partial charge in [0.25, 0.3) is 8.32 Å². The number of aromatic nitrogens is 2. The van der Waals surface area contributed by atoms with Crippen LogP contribution in [0.5, 0.6) is 0 Å². The van der Waals surface area contributed by atoms with Crippen LogP contribution in [0.2, 0.25) is 5.04 Å². The number of allylic oxidation sites excluding steroid dienone is 1. The van der Waals surface area contributed by atoms with Gasteiger partial charge in [0.2, 0.25) is 0 Å². The third-order valence-electron chi connectivity index (χ3n) is 11.2. The zero-order valence-electron chi connectivity index (χ0n) is 33.6. The van der Waals surface area contributed by atoms with Crippen molar-refractivity contribution in [3.05, 3.63) is 114 Å². The smallest absolute Gasteiger partial charge is 0.261 e. The Morgan fingerprint density at radius 2 is 1.56 bits per heavy atom. The molecular formula is C44H59N5O4SSi. The molecule has 1 aliphatic heterocycles. The molecule has 294 valence electrons.